The van der Waals surface area contributed by atoms with Crippen LogP contribution in [0.15, 0.2) is 76.7 Å². The largest absolute Gasteiger partial charge is 0.459 e. The average molecular weight is 552 g/mol. The van der Waals surface area contributed by atoms with Crippen molar-refractivity contribution in [1.29, 1.82) is 0 Å². The molecule has 2 heterocycles. The van der Waals surface area contributed by atoms with E-state index in [1.165, 1.54) is 36.4 Å². The third-order valence-electron chi connectivity index (χ3n) is 6.40. The molecule has 7 nitrogen and oxygen atoms in total. The lowest BCUT2D eigenvalue weighted by Gasteiger charge is -2.27. The van der Waals surface area contributed by atoms with Crippen LogP contribution in [0.1, 0.15) is 43.2 Å². The van der Waals surface area contributed by atoms with E-state index in [1.54, 1.807) is 62.6 Å². The van der Waals surface area contributed by atoms with Gasteiger partial charge >= 0.3 is 5.97 Å². The van der Waals surface area contributed by atoms with Crippen molar-refractivity contribution in [2.45, 2.75) is 51.3 Å². The van der Waals surface area contributed by atoms with Gasteiger partial charge < -0.3 is 9.30 Å². The maximum absolute atomic E-state index is 14.5. The lowest BCUT2D eigenvalue weighted by molar-refractivity contribution is -0.155. The molecule has 0 N–H and O–H groups in total. The highest BCUT2D eigenvalue weighted by atomic mass is 32.2. The summed E-state index contributed by atoms with van der Waals surface area (Å²) in [5.74, 6) is -1.54. The zero-order valence-electron chi connectivity index (χ0n) is 21.9. The SMILES string of the molecule is Cc1c(C2=NN(Cc3ccccc3F)S(=O)(=O)c3ccccc32)c2cc(F)ccc2n1CC(=O)OC(C)(C)C. The van der Waals surface area contributed by atoms with Crippen molar-refractivity contribution in [3.05, 3.63) is 101 Å². The first kappa shape index (κ1) is 26.6. The topological polar surface area (TPSA) is 81.0 Å². The van der Waals surface area contributed by atoms with E-state index in [0.29, 0.717) is 27.7 Å². The first-order valence-corrected chi connectivity index (χ1v) is 13.8. The number of fused-ring (bicyclic) bond motifs is 2. The van der Waals surface area contributed by atoms with Gasteiger partial charge in [-0.3, -0.25) is 4.79 Å². The van der Waals surface area contributed by atoms with Gasteiger partial charge in [-0.1, -0.05) is 36.4 Å². The Balaban J connectivity index is 1.73. The summed E-state index contributed by atoms with van der Waals surface area (Å²) in [6.45, 7) is 6.58. The lowest BCUT2D eigenvalue weighted by atomic mass is 9.99. The van der Waals surface area contributed by atoms with E-state index in [-0.39, 0.29) is 29.3 Å². The highest BCUT2D eigenvalue weighted by molar-refractivity contribution is 7.89. The van der Waals surface area contributed by atoms with Crippen molar-refractivity contribution < 1.29 is 26.7 Å². The highest BCUT2D eigenvalue weighted by Crippen LogP contribution is 2.35. The summed E-state index contributed by atoms with van der Waals surface area (Å²) < 4.78 is 64.2. The van der Waals surface area contributed by atoms with E-state index >= 15 is 0 Å². The minimum absolute atomic E-state index is 0.00446. The van der Waals surface area contributed by atoms with Crippen LogP contribution in [-0.2, 0) is 32.6 Å². The number of ether oxygens (including phenoxy) is 1. The molecule has 0 saturated carbocycles. The normalized spacial score (nSPS) is 14.7. The zero-order chi connectivity index (χ0) is 28.1. The van der Waals surface area contributed by atoms with Crippen molar-refractivity contribution in [1.82, 2.24) is 8.98 Å². The van der Waals surface area contributed by atoms with E-state index in [9.17, 15) is 22.0 Å². The van der Waals surface area contributed by atoms with E-state index in [4.69, 9.17) is 4.74 Å². The molecule has 0 atom stereocenters. The van der Waals surface area contributed by atoms with Crippen LogP contribution in [0.4, 0.5) is 8.78 Å². The van der Waals surface area contributed by atoms with Gasteiger partial charge in [0.2, 0.25) is 0 Å². The molecule has 0 aliphatic carbocycles. The Labute approximate surface area is 225 Å². The fourth-order valence-electron chi connectivity index (χ4n) is 4.76. The van der Waals surface area contributed by atoms with Crippen LogP contribution < -0.4 is 0 Å². The maximum Gasteiger partial charge on any atom is 0.326 e. The number of benzene rings is 3. The van der Waals surface area contributed by atoms with Gasteiger partial charge in [0, 0.05) is 33.3 Å². The first-order chi connectivity index (χ1) is 18.4. The number of rotatable bonds is 5. The Morgan fingerprint density at radius 3 is 2.41 bits per heavy atom. The van der Waals surface area contributed by atoms with Crippen molar-refractivity contribution in [2.24, 2.45) is 5.10 Å². The zero-order valence-corrected chi connectivity index (χ0v) is 22.7. The van der Waals surface area contributed by atoms with Crippen LogP contribution in [0.2, 0.25) is 0 Å². The van der Waals surface area contributed by atoms with Crippen LogP contribution in [0.5, 0.6) is 0 Å². The summed E-state index contributed by atoms with van der Waals surface area (Å²) in [5.41, 5.74) is 1.65. The molecule has 5 rings (SSSR count). The highest BCUT2D eigenvalue weighted by Gasteiger charge is 2.35. The fourth-order valence-corrected chi connectivity index (χ4v) is 6.18. The van der Waals surface area contributed by atoms with Crippen molar-refractivity contribution in [3.8, 4) is 0 Å². The number of esters is 1. The summed E-state index contributed by atoms with van der Waals surface area (Å²) >= 11 is 0. The number of hydrogen-bond acceptors (Lipinski definition) is 5. The van der Waals surface area contributed by atoms with Gasteiger partial charge in [0.15, 0.2) is 0 Å². The van der Waals surface area contributed by atoms with Gasteiger partial charge in [-0.15, -0.1) is 0 Å². The minimum Gasteiger partial charge on any atom is -0.459 e. The van der Waals surface area contributed by atoms with Gasteiger partial charge in [-0.05, 0) is 58.0 Å². The van der Waals surface area contributed by atoms with Crippen LogP contribution in [0, 0.1) is 18.6 Å². The van der Waals surface area contributed by atoms with Crippen molar-refractivity contribution in [2.75, 3.05) is 0 Å². The molecule has 0 unspecified atom stereocenters. The monoisotopic (exact) mass is 551 g/mol. The van der Waals surface area contributed by atoms with E-state index in [0.717, 1.165) is 4.41 Å². The third-order valence-corrected chi connectivity index (χ3v) is 8.08. The number of nitrogens with zero attached hydrogens (tertiary/aromatic N) is 3. The van der Waals surface area contributed by atoms with E-state index < -0.39 is 33.2 Å². The molecule has 1 aliphatic heterocycles. The summed E-state index contributed by atoms with van der Waals surface area (Å²) in [7, 11) is -4.12. The molecule has 0 radical (unpaired) electrons. The lowest BCUT2D eigenvalue weighted by Crippen LogP contribution is -2.33. The van der Waals surface area contributed by atoms with Gasteiger partial charge in [-0.2, -0.15) is 17.9 Å². The Bertz CT molecular complexity index is 1750. The number of hydrazone groups is 1. The fraction of sp³-hybridized carbons (Fsp3) is 0.241. The molecule has 0 bridgehead atoms. The van der Waals surface area contributed by atoms with E-state index in [1.807, 2.05) is 0 Å². The Morgan fingerprint density at radius 2 is 1.69 bits per heavy atom. The number of carbonyl (C=O) groups excluding carboxylic acids is 1. The number of aromatic nitrogens is 1. The smallest absolute Gasteiger partial charge is 0.326 e. The Hall–Kier alpha value is -4.05. The summed E-state index contributed by atoms with van der Waals surface area (Å²) in [4.78, 5) is 12.8. The van der Waals surface area contributed by atoms with Crippen LogP contribution in [0.25, 0.3) is 10.9 Å². The Morgan fingerprint density at radius 1 is 1.00 bits per heavy atom. The summed E-state index contributed by atoms with van der Waals surface area (Å²) in [6.07, 6.45) is 0. The molecule has 3 aromatic carbocycles. The molecule has 4 aromatic rings. The average Bonchev–Trinajstić information content (AvgIpc) is 3.11. The second-order valence-electron chi connectivity index (χ2n) is 10.3. The molecular formula is C29H27F2N3O4S. The molecule has 202 valence electrons. The standard InChI is InChI=1S/C29H27F2N3O4S/c1-18-27(22-15-20(30)13-14-24(22)33(18)17-26(35)38-29(2,3)4)28-21-10-6-8-12-25(21)39(36,37)34(32-28)16-19-9-5-7-11-23(19)31/h5-15H,16-17H2,1-4H3. The molecule has 1 aromatic heterocycles. The molecule has 0 saturated heterocycles. The van der Waals surface area contributed by atoms with Crippen molar-refractivity contribution in [3.63, 3.8) is 0 Å². The van der Waals surface area contributed by atoms with Gasteiger partial charge in [0.1, 0.15) is 29.5 Å². The minimum atomic E-state index is -4.12. The second kappa shape index (κ2) is 9.60. The number of carbonyl (C=O) groups is 1. The number of hydrogen-bond donors (Lipinski definition) is 0. The number of halogens is 2. The molecule has 0 fully saturated rings. The summed E-state index contributed by atoms with van der Waals surface area (Å²) in [6, 6.07) is 16.4. The first-order valence-electron chi connectivity index (χ1n) is 12.3. The van der Waals surface area contributed by atoms with Crippen LogP contribution in [-0.4, -0.2) is 34.7 Å². The van der Waals surface area contributed by atoms with Gasteiger partial charge in [0.25, 0.3) is 10.0 Å². The molecule has 0 amide bonds. The van der Waals surface area contributed by atoms with E-state index in [2.05, 4.69) is 5.10 Å². The molecule has 10 heteroatoms. The van der Waals surface area contributed by atoms with Gasteiger partial charge in [0.05, 0.1) is 11.4 Å². The van der Waals surface area contributed by atoms with Gasteiger partial charge in [-0.25, -0.2) is 8.78 Å². The maximum atomic E-state index is 14.5. The second-order valence-corrected chi connectivity index (χ2v) is 12.1. The Kier molecular flexibility index (Phi) is 6.54. The predicted molar refractivity (Wildman–Crippen MR) is 144 cm³/mol. The molecule has 0 spiro atoms. The molecule has 39 heavy (non-hydrogen) atoms. The van der Waals surface area contributed by atoms with Crippen LogP contribution in [0.3, 0.4) is 0 Å². The van der Waals surface area contributed by atoms with Crippen LogP contribution >= 0.6 is 0 Å². The molecular weight excluding hydrogens is 524 g/mol. The third kappa shape index (κ3) is 4.92. The summed E-state index contributed by atoms with van der Waals surface area (Å²) in [5, 5.41) is 4.97. The molecule has 1 aliphatic rings. The quantitative estimate of drug-likeness (QED) is 0.306. The predicted octanol–water partition coefficient (Wildman–Crippen LogP) is 5.53. The number of sulfonamides is 1. The van der Waals surface area contributed by atoms with Crippen molar-refractivity contribution >= 4 is 32.6 Å².